The van der Waals surface area contributed by atoms with E-state index in [2.05, 4.69) is 19.9 Å². The first-order valence-corrected chi connectivity index (χ1v) is 9.30. The van der Waals surface area contributed by atoms with Crippen molar-refractivity contribution in [1.29, 1.82) is 0 Å². The Balaban J connectivity index is 2.03. The van der Waals surface area contributed by atoms with Crippen molar-refractivity contribution in [2.24, 2.45) is 5.92 Å². The van der Waals surface area contributed by atoms with Crippen LogP contribution in [0, 0.1) is 5.92 Å². The van der Waals surface area contributed by atoms with Crippen molar-refractivity contribution in [3.05, 3.63) is 41.5 Å². The lowest BCUT2D eigenvalue weighted by Gasteiger charge is -2.33. The summed E-state index contributed by atoms with van der Waals surface area (Å²) in [7, 11) is 0. The van der Waals surface area contributed by atoms with Crippen LogP contribution in [0.4, 0.5) is 0 Å². The Morgan fingerprint density at radius 1 is 1.35 bits per heavy atom. The summed E-state index contributed by atoms with van der Waals surface area (Å²) < 4.78 is 0. The average molecular weight is 333 g/mol. The van der Waals surface area contributed by atoms with Gasteiger partial charge in [0.2, 0.25) is 0 Å². The molecule has 1 aromatic carbocycles. The molecule has 1 aliphatic heterocycles. The van der Waals surface area contributed by atoms with Gasteiger partial charge < -0.3 is 10.0 Å². The van der Waals surface area contributed by atoms with Gasteiger partial charge in [0.05, 0.1) is 11.7 Å². The third kappa shape index (κ3) is 5.11. The summed E-state index contributed by atoms with van der Waals surface area (Å²) in [6.07, 6.45) is 3.67. The van der Waals surface area contributed by atoms with Crippen molar-refractivity contribution in [2.45, 2.75) is 44.6 Å². The van der Waals surface area contributed by atoms with Crippen molar-refractivity contribution in [1.82, 2.24) is 4.90 Å². The van der Waals surface area contributed by atoms with E-state index in [4.69, 9.17) is 0 Å². The van der Waals surface area contributed by atoms with Crippen LogP contribution in [-0.2, 0) is 0 Å². The van der Waals surface area contributed by atoms with Gasteiger partial charge in [0, 0.05) is 23.7 Å². The van der Waals surface area contributed by atoms with Crippen LogP contribution in [0.2, 0.25) is 0 Å². The molecule has 1 amide bonds. The molecule has 1 aliphatic rings. The van der Waals surface area contributed by atoms with E-state index >= 15 is 0 Å². The number of amides is 1. The number of aliphatic hydroxyl groups is 1. The third-order valence-corrected chi connectivity index (χ3v) is 5.36. The SMILES string of the molecule is CC(C)=CCSc1ccccc1C(=O)N1CCC(C(C)O)CC1. The highest BCUT2D eigenvalue weighted by molar-refractivity contribution is 7.99. The molecule has 0 spiro atoms. The molecule has 1 saturated heterocycles. The number of thioether (sulfide) groups is 1. The zero-order chi connectivity index (χ0) is 16.8. The second-order valence-electron chi connectivity index (χ2n) is 6.46. The van der Waals surface area contributed by atoms with Crippen molar-refractivity contribution >= 4 is 17.7 Å². The topological polar surface area (TPSA) is 40.5 Å². The Labute approximate surface area is 143 Å². The predicted octanol–water partition coefficient (Wildman–Crippen LogP) is 3.98. The zero-order valence-electron chi connectivity index (χ0n) is 14.3. The molecule has 1 heterocycles. The van der Waals surface area contributed by atoms with Crippen molar-refractivity contribution in [3.63, 3.8) is 0 Å². The lowest BCUT2D eigenvalue weighted by molar-refractivity contribution is 0.0519. The summed E-state index contributed by atoms with van der Waals surface area (Å²) >= 11 is 1.71. The normalized spacial score (nSPS) is 17.0. The molecule has 0 aliphatic carbocycles. The van der Waals surface area contributed by atoms with E-state index < -0.39 is 0 Å². The van der Waals surface area contributed by atoms with Gasteiger partial charge in [-0.25, -0.2) is 0 Å². The fourth-order valence-electron chi connectivity index (χ4n) is 2.82. The highest BCUT2D eigenvalue weighted by Crippen LogP contribution is 2.27. The van der Waals surface area contributed by atoms with Crippen molar-refractivity contribution in [3.8, 4) is 0 Å². The van der Waals surface area contributed by atoms with E-state index in [1.54, 1.807) is 11.8 Å². The number of hydrogen-bond acceptors (Lipinski definition) is 3. The number of hydrogen-bond donors (Lipinski definition) is 1. The molecule has 1 fully saturated rings. The molecule has 0 saturated carbocycles. The minimum atomic E-state index is -0.279. The van der Waals surface area contributed by atoms with Gasteiger partial charge in [0.15, 0.2) is 0 Å². The fraction of sp³-hybridized carbons (Fsp3) is 0.526. The van der Waals surface area contributed by atoms with Crippen LogP contribution in [0.15, 0.2) is 40.8 Å². The molecule has 0 aromatic heterocycles. The quantitative estimate of drug-likeness (QED) is 0.654. The molecule has 126 valence electrons. The van der Waals surface area contributed by atoms with Gasteiger partial charge in [-0.05, 0) is 51.7 Å². The van der Waals surface area contributed by atoms with Crippen LogP contribution in [0.1, 0.15) is 44.0 Å². The van der Waals surface area contributed by atoms with Crippen LogP contribution >= 0.6 is 11.8 Å². The lowest BCUT2D eigenvalue weighted by atomic mass is 9.92. The monoisotopic (exact) mass is 333 g/mol. The minimum absolute atomic E-state index is 0.120. The van der Waals surface area contributed by atoms with E-state index in [0.717, 1.165) is 42.1 Å². The number of carbonyl (C=O) groups excluding carboxylic acids is 1. The van der Waals surface area contributed by atoms with E-state index in [1.165, 1.54) is 5.57 Å². The number of carbonyl (C=O) groups is 1. The van der Waals surface area contributed by atoms with Gasteiger partial charge in [0.25, 0.3) is 5.91 Å². The van der Waals surface area contributed by atoms with Gasteiger partial charge >= 0.3 is 0 Å². The Bertz CT molecular complexity index is 556. The summed E-state index contributed by atoms with van der Waals surface area (Å²) in [5, 5.41) is 9.69. The Kier molecular flexibility index (Phi) is 6.72. The first kappa shape index (κ1) is 18.1. The minimum Gasteiger partial charge on any atom is -0.393 e. The molecule has 4 heteroatoms. The van der Waals surface area contributed by atoms with Crippen molar-refractivity contribution < 1.29 is 9.90 Å². The molecule has 3 nitrogen and oxygen atoms in total. The molecule has 1 N–H and O–H groups in total. The molecule has 1 atom stereocenters. The second kappa shape index (κ2) is 8.55. The maximum Gasteiger partial charge on any atom is 0.254 e. The van der Waals surface area contributed by atoms with E-state index in [9.17, 15) is 9.90 Å². The summed E-state index contributed by atoms with van der Waals surface area (Å²) in [5.74, 6) is 1.33. The van der Waals surface area contributed by atoms with Gasteiger partial charge in [0.1, 0.15) is 0 Å². The second-order valence-corrected chi connectivity index (χ2v) is 7.52. The summed E-state index contributed by atoms with van der Waals surface area (Å²) in [6.45, 7) is 7.49. The fourth-order valence-corrected chi connectivity index (χ4v) is 3.90. The molecule has 23 heavy (non-hydrogen) atoms. The van der Waals surface area contributed by atoms with Gasteiger partial charge in [-0.3, -0.25) is 4.79 Å². The van der Waals surface area contributed by atoms with E-state index in [-0.39, 0.29) is 12.0 Å². The molecule has 2 rings (SSSR count). The smallest absolute Gasteiger partial charge is 0.254 e. The van der Waals surface area contributed by atoms with Crippen LogP contribution in [0.3, 0.4) is 0 Å². The largest absolute Gasteiger partial charge is 0.393 e. The number of benzene rings is 1. The number of likely N-dealkylation sites (tertiary alicyclic amines) is 1. The Morgan fingerprint density at radius 3 is 2.61 bits per heavy atom. The molecule has 1 aromatic rings. The zero-order valence-corrected chi connectivity index (χ0v) is 15.1. The van der Waals surface area contributed by atoms with Crippen LogP contribution in [0.5, 0.6) is 0 Å². The third-order valence-electron chi connectivity index (χ3n) is 4.36. The standard InChI is InChI=1S/C19H27NO2S/c1-14(2)10-13-23-18-7-5-4-6-17(18)19(22)20-11-8-16(9-12-20)15(3)21/h4-7,10,15-16,21H,8-9,11-13H2,1-3H3. The molecule has 0 radical (unpaired) electrons. The first-order valence-electron chi connectivity index (χ1n) is 8.31. The Hall–Kier alpha value is -1.26. The summed E-state index contributed by atoms with van der Waals surface area (Å²) in [4.78, 5) is 15.8. The number of piperidine rings is 1. The van der Waals surface area contributed by atoms with Gasteiger partial charge in [-0.2, -0.15) is 0 Å². The van der Waals surface area contributed by atoms with Crippen LogP contribution in [-0.4, -0.2) is 40.9 Å². The first-order chi connectivity index (χ1) is 11.0. The average Bonchev–Trinajstić information content (AvgIpc) is 2.54. The maximum absolute atomic E-state index is 12.8. The summed E-state index contributed by atoms with van der Waals surface area (Å²) in [5.41, 5.74) is 2.09. The van der Waals surface area contributed by atoms with E-state index in [1.807, 2.05) is 36.1 Å². The van der Waals surface area contributed by atoms with Crippen LogP contribution < -0.4 is 0 Å². The highest BCUT2D eigenvalue weighted by Gasteiger charge is 2.26. The predicted molar refractivity (Wildman–Crippen MR) is 96.9 cm³/mol. The number of allylic oxidation sites excluding steroid dienone is 1. The molecular weight excluding hydrogens is 306 g/mol. The van der Waals surface area contributed by atoms with Gasteiger partial charge in [-0.1, -0.05) is 23.8 Å². The molecule has 1 unspecified atom stereocenters. The maximum atomic E-state index is 12.8. The summed E-state index contributed by atoms with van der Waals surface area (Å²) in [6, 6.07) is 7.87. The molecular formula is C19H27NO2S. The number of rotatable bonds is 5. The number of aliphatic hydroxyl groups excluding tert-OH is 1. The number of nitrogens with zero attached hydrogens (tertiary/aromatic N) is 1. The lowest BCUT2D eigenvalue weighted by Crippen LogP contribution is -2.40. The Morgan fingerprint density at radius 2 is 2.00 bits per heavy atom. The molecule has 0 bridgehead atoms. The van der Waals surface area contributed by atoms with Crippen molar-refractivity contribution in [2.75, 3.05) is 18.8 Å². The van der Waals surface area contributed by atoms with E-state index in [0.29, 0.717) is 5.92 Å². The van der Waals surface area contributed by atoms with Crippen LogP contribution in [0.25, 0.3) is 0 Å². The van der Waals surface area contributed by atoms with Gasteiger partial charge in [-0.15, -0.1) is 11.8 Å². The highest BCUT2D eigenvalue weighted by atomic mass is 32.2.